The Morgan fingerprint density at radius 3 is 2.46 bits per heavy atom. The maximum absolute atomic E-state index is 5.91. The highest BCUT2D eigenvalue weighted by Crippen LogP contribution is 2.19. The van der Waals surface area contributed by atoms with Gasteiger partial charge in [-0.2, -0.15) is 0 Å². The zero-order chi connectivity index (χ0) is 9.68. The Bertz CT molecular complexity index is 274. The molecule has 0 saturated carbocycles. The first-order valence-electron chi connectivity index (χ1n) is 4.56. The Kier molecular flexibility index (Phi) is 3.94. The number of nitrogen functional groups attached to an aromatic ring is 1. The maximum Gasteiger partial charge on any atom is 0.0717 e. The highest BCUT2D eigenvalue weighted by molar-refractivity contribution is 6.09. The van der Waals surface area contributed by atoms with E-state index in [1.54, 1.807) is 0 Å². The quantitative estimate of drug-likeness (QED) is 0.535. The van der Waals surface area contributed by atoms with E-state index >= 15 is 0 Å². The van der Waals surface area contributed by atoms with Gasteiger partial charge in [-0.3, -0.25) is 0 Å². The van der Waals surface area contributed by atoms with Crippen LogP contribution in [-0.2, 0) is 12.7 Å². The molecule has 0 saturated heterocycles. The second kappa shape index (κ2) is 5.00. The monoisotopic (exact) mass is 169 g/mol. The van der Waals surface area contributed by atoms with Crippen LogP contribution in [0.15, 0.2) is 18.2 Å². The van der Waals surface area contributed by atoms with Crippen molar-refractivity contribution in [3.8, 4) is 0 Å². The molecule has 0 spiro atoms. The van der Waals surface area contributed by atoms with Crippen LogP contribution in [0.3, 0.4) is 0 Å². The summed E-state index contributed by atoms with van der Waals surface area (Å²) in [4.78, 5) is 0. The fourth-order valence-electron chi connectivity index (χ4n) is 1.35. The van der Waals surface area contributed by atoms with Crippen molar-refractivity contribution >= 4 is 21.4 Å². The summed E-state index contributed by atoms with van der Waals surface area (Å²) in [6.45, 7) is 0. The van der Waals surface area contributed by atoms with Crippen molar-refractivity contribution in [1.29, 1.82) is 0 Å². The number of rotatable bonds is 4. The van der Waals surface area contributed by atoms with Crippen molar-refractivity contribution in [2.45, 2.75) is 25.5 Å². The summed E-state index contributed by atoms with van der Waals surface area (Å²) in [6.07, 6.45) is 3.11. The molecule has 3 heteroatoms. The molecule has 0 aliphatic carbocycles. The number of hydrogen-bond acceptors (Lipinski definition) is 1. The van der Waals surface area contributed by atoms with Crippen molar-refractivity contribution in [1.82, 2.24) is 0 Å². The molecule has 0 heterocycles. The molecular weight excluding hydrogens is 156 g/mol. The van der Waals surface area contributed by atoms with Crippen molar-refractivity contribution < 1.29 is 0 Å². The Balaban J connectivity index is 2.81. The lowest BCUT2D eigenvalue weighted by atomic mass is 9.91. The van der Waals surface area contributed by atoms with Crippen LogP contribution in [0.25, 0.3) is 0 Å². The van der Waals surface area contributed by atoms with Gasteiger partial charge in [0, 0.05) is 5.69 Å². The number of benzene rings is 1. The van der Waals surface area contributed by atoms with Gasteiger partial charge in [-0.05, 0) is 17.5 Å². The predicted octanol–water partition coefficient (Wildman–Crippen LogP) is 1.46. The number of anilines is 1. The van der Waals surface area contributed by atoms with Crippen LogP contribution in [0.4, 0.5) is 5.69 Å². The molecule has 0 unspecified atom stereocenters. The van der Waals surface area contributed by atoms with Crippen molar-refractivity contribution in [2.75, 3.05) is 5.73 Å². The molecule has 1 nitrogen and oxygen atoms in total. The van der Waals surface area contributed by atoms with Crippen molar-refractivity contribution in [2.24, 2.45) is 0 Å². The minimum atomic E-state index is 0.502. The van der Waals surface area contributed by atoms with Crippen LogP contribution >= 0.6 is 0 Å². The van der Waals surface area contributed by atoms with E-state index in [0.29, 0.717) is 12.6 Å². The first kappa shape index (κ1) is 10.2. The topological polar surface area (TPSA) is 26.0 Å². The normalized spacial score (nSPS) is 10.2. The molecule has 0 fully saturated rings. The highest BCUT2D eigenvalue weighted by Gasteiger charge is 2.01. The first-order chi connectivity index (χ1) is 6.29. The molecule has 64 valence electrons. The fraction of sp³-hybridized carbons (Fsp3) is 0.400. The Morgan fingerprint density at radius 1 is 1.15 bits per heavy atom. The second-order valence-corrected chi connectivity index (χ2v) is 3.09. The summed E-state index contributed by atoms with van der Waals surface area (Å²) in [5, 5.41) is 0. The fourth-order valence-corrected chi connectivity index (χ4v) is 1.35. The lowest BCUT2D eigenvalue weighted by Crippen LogP contribution is -2.00. The largest absolute Gasteiger partial charge is 0.398 e. The Morgan fingerprint density at radius 2 is 1.85 bits per heavy atom. The zero-order valence-electron chi connectivity index (χ0n) is 7.79. The molecule has 0 amide bonds. The third-order valence-electron chi connectivity index (χ3n) is 2.16. The molecule has 0 aliphatic heterocycles. The van der Waals surface area contributed by atoms with Gasteiger partial charge < -0.3 is 5.73 Å². The number of aryl methyl sites for hydroxylation is 1. The maximum atomic E-state index is 5.91. The number of nitrogens with two attached hydrogens (primary N) is 1. The van der Waals surface area contributed by atoms with Crippen LogP contribution < -0.4 is 5.73 Å². The molecule has 0 bridgehead atoms. The van der Waals surface area contributed by atoms with Crippen LogP contribution in [0.2, 0.25) is 6.32 Å². The van der Waals surface area contributed by atoms with Gasteiger partial charge in [0.05, 0.1) is 15.7 Å². The van der Waals surface area contributed by atoms with Crippen molar-refractivity contribution in [3.05, 3.63) is 29.3 Å². The van der Waals surface area contributed by atoms with E-state index in [1.807, 2.05) is 18.2 Å². The van der Waals surface area contributed by atoms with E-state index in [2.05, 4.69) is 0 Å². The molecule has 4 radical (unpaired) electrons. The summed E-state index contributed by atoms with van der Waals surface area (Å²) in [5.74, 6) is 0. The molecular formula is C10H13B2N. The van der Waals surface area contributed by atoms with E-state index in [1.165, 1.54) is 0 Å². The minimum absolute atomic E-state index is 0.502. The van der Waals surface area contributed by atoms with Crippen LogP contribution in [0.5, 0.6) is 0 Å². The molecule has 0 atom stereocenters. The van der Waals surface area contributed by atoms with Gasteiger partial charge in [0.25, 0.3) is 0 Å². The van der Waals surface area contributed by atoms with E-state index in [9.17, 15) is 0 Å². The van der Waals surface area contributed by atoms with Crippen LogP contribution in [-0.4, -0.2) is 15.7 Å². The average Bonchev–Trinajstić information content (AvgIpc) is 2.16. The van der Waals surface area contributed by atoms with E-state index in [-0.39, 0.29) is 0 Å². The molecule has 1 rings (SSSR count). The molecule has 13 heavy (non-hydrogen) atoms. The standard InChI is InChI=1S/C10H13B2N/c11-6-2-5-8-3-1-4-9(7-12)10(8)13/h1,3-4H,2,5-7,13H2. The lowest BCUT2D eigenvalue weighted by molar-refractivity contribution is 0.920. The van der Waals surface area contributed by atoms with Gasteiger partial charge >= 0.3 is 0 Å². The SMILES string of the molecule is [B]CCCc1cccc(C[B])c1N. The summed E-state index contributed by atoms with van der Waals surface area (Å²) >= 11 is 0. The van der Waals surface area contributed by atoms with E-state index in [0.717, 1.165) is 29.7 Å². The molecule has 1 aromatic carbocycles. The third-order valence-corrected chi connectivity index (χ3v) is 2.16. The van der Waals surface area contributed by atoms with Gasteiger partial charge in [-0.15, -0.1) is 0 Å². The van der Waals surface area contributed by atoms with Gasteiger partial charge in [-0.1, -0.05) is 37.3 Å². The molecule has 2 N–H and O–H groups in total. The van der Waals surface area contributed by atoms with E-state index < -0.39 is 0 Å². The number of para-hydroxylation sites is 1. The average molecular weight is 169 g/mol. The summed E-state index contributed by atoms with van der Waals surface area (Å²) in [6, 6.07) is 5.98. The number of hydrogen-bond donors (Lipinski definition) is 1. The molecule has 1 aromatic rings. The first-order valence-corrected chi connectivity index (χ1v) is 4.56. The summed E-state index contributed by atoms with van der Waals surface area (Å²) in [5.41, 5.74) is 8.93. The Labute approximate surface area is 82.5 Å². The molecule has 0 aliphatic rings. The van der Waals surface area contributed by atoms with Gasteiger partial charge in [-0.25, -0.2) is 0 Å². The smallest absolute Gasteiger partial charge is 0.0717 e. The van der Waals surface area contributed by atoms with Gasteiger partial charge in [0.1, 0.15) is 0 Å². The minimum Gasteiger partial charge on any atom is -0.398 e. The van der Waals surface area contributed by atoms with Crippen LogP contribution in [0, 0.1) is 0 Å². The zero-order valence-corrected chi connectivity index (χ0v) is 7.79. The van der Waals surface area contributed by atoms with Gasteiger partial charge in [0.15, 0.2) is 0 Å². The summed E-state index contributed by atoms with van der Waals surface area (Å²) in [7, 11) is 11.0. The third kappa shape index (κ3) is 2.55. The molecule has 0 aromatic heterocycles. The lowest BCUT2D eigenvalue weighted by Gasteiger charge is -2.08. The van der Waals surface area contributed by atoms with Crippen molar-refractivity contribution in [3.63, 3.8) is 0 Å². The predicted molar refractivity (Wildman–Crippen MR) is 59.2 cm³/mol. The highest BCUT2D eigenvalue weighted by atomic mass is 14.6. The Hall–Kier alpha value is -0.850. The van der Waals surface area contributed by atoms with Crippen LogP contribution in [0.1, 0.15) is 17.5 Å². The second-order valence-electron chi connectivity index (χ2n) is 3.09. The summed E-state index contributed by atoms with van der Waals surface area (Å²) < 4.78 is 0. The van der Waals surface area contributed by atoms with E-state index in [4.69, 9.17) is 21.4 Å². The van der Waals surface area contributed by atoms with Gasteiger partial charge in [0.2, 0.25) is 0 Å².